The van der Waals surface area contributed by atoms with Crippen LogP contribution >= 0.6 is 0 Å². The number of alkyl halides is 3. The second-order valence-electron chi connectivity index (χ2n) is 9.46. The van der Waals surface area contributed by atoms with E-state index in [2.05, 4.69) is 11.7 Å². The van der Waals surface area contributed by atoms with Crippen molar-refractivity contribution in [1.82, 2.24) is 0 Å². The number of hydrogen-bond acceptors (Lipinski definition) is 1. The van der Waals surface area contributed by atoms with Crippen molar-refractivity contribution in [3.05, 3.63) is 64.5 Å². The molecule has 0 aromatic heterocycles. The van der Waals surface area contributed by atoms with Crippen molar-refractivity contribution in [1.29, 1.82) is 0 Å². The molecule has 4 rings (SSSR count). The summed E-state index contributed by atoms with van der Waals surface area (Å²) in [5, 5.41) is 0. The normalized spacial score (nSPS) is 20.6. The smallest absolute Gasteiger partial charge is 0.403 e. The zero-order valence-electron chi connectivity index (χ0n) is 19.1. The summed E-state index contributed by atoms with van der Waals surface area (Å²) in [5.74, 6) is -2.50. The quantitative estimate of drug-likeness (QED) is 0.296. The minimum Gasteiger partial charge on any atom is -0.403 e. The molecule has 7 heteroatoms. The van der Waals surface area contributed by atoms with Gasteiger partial charge in [-0.15, -0.1) is 13.2 Å². The van der Waals surface area contributed by atoms with Crippen LogP contribution in [0.25, 0.3) is 11.1 Å². The van der Waals surface area contributed by atoms with Gasteiger partial charge >= 0.3 is 6.36 Å². The third-order valence-corrected chi connectivity index (χ3v) is 7.29. The highest BCUT2D eigenvalue weighted by molar-refractivity contribution is 5.68. The van der Waals surface area contributed by atoms with Gasteiger partial charge in [-0.05, 0) is 72.4 Å². The minimum absolute atomic E-state index is 0.178. The van der Waals surface area contributed by atoms with Crippen LogP contribution in [0.5, 0.6) is 5.75 Å². The fourth-order valence-corrected chi connectivity index (χ4v) is 5.29. The molecule has 0 spiro atoms. The highest BCUT2D eigenvalue weighted by Gasteiger charge is 2.32. The Bertz CT molecular complexity index is 1060. The molecule has 1 fully saturated rings. The van der Waals surface area contributed by atoms with Crippen molar-refractivity contribution in [2.24, 2.45) is 11.8 Å². The molecule has 2 aliphatic rings. The fourth-order valence-electron chi connectivity index (χ4n) is 5.29. The molecule has 0 heterocycles. The first kappa shape index (κ1) is 24.7. The zero-order valence-corrected chi connectivity index (χ0v) is 19.1. The highest BCUT2D eigenvalue weighted by Crippen LogP contribution is 2.38. The standard InChI is InChI=1S/C27H28F6O/c1-2-16-3-5-17(6-4-16)7-8-18-9-11-21-20(13-18)15-23(29)25(26(21)30)19-10-12-24(22(28)14-19)34-27(31,32)33/h9-10,12,14-17H,2-8,11,13H2,1H3. The summed E-state index contributed by atoms with van der Waals surface area (Å²) in [6.45, 7) is 2.24. The predicted molar refractivity (Wildman–Crippen MR) is 119 cm³/mol. The third kappa shape index (κ3) is 5.61. The van der Waals surface area contributed by atoms with Crippen LogP contribution in [0.2, 0.25) is 0 Å². The summed E-state index contributed by atoms with van der Waals surface area (Å²) in [6.07, 6.45) is 6.02. The topological polar surface area (TPSA) is 9.23 Å². The average Bonchev–Trinajstić information content (AvgIpc) is 2.78. The zero-order chi connectivity index (χ0) is 24.5. The molecule has 0 saturated heterocycles. The Balaban J connectivity index is 1.47. The van der Waals surface area contributed by atoms with Crippen LogP contribution in [0.15, 0.2) is 35.9 Å². The summed E-state index contributed by atoms with van der Waals surface area (Å²) < 4.78 is 85.0. The molecule has 2 aromatic rings. The SMILES string of the molecule is CCC1CCC(CCC2=CCc3c(cc(F)c(-c4ccc(OC(F)(F)F)c(F)c4)c3F)C2)CC1. The Kier molecular flexibility index (Phi) is 7.29. The lowest BCUT2D eigenvalue weighted by atomic mass is 9.78. The number of rotatable bonds is 6. The fraction of sp³-hybridized carbons (Fsp3) is 0.481. The van der Waals surface area contributed by atoms with E-state index in [0.29, 0.717) is 36.0 Å². The molecular weight excluding hydrogens is 454 g/mol. The Morgan fingerprint density at radius 3 is 2.29 bits per heavy atom. The molecule has 0 radical (unpaired) electrons. The maximum atomic E-state index is 15.3. The molecule has 1 saturated carbocycles. The van der Waals surface area contributed by atoms with Gasteiger partial charge in [-0.3, -0.25) is 0 Å². The number of halogens is 6. The van der Waals surface area contributed by atoms with Crippen LogP contribution < -0.4 is 4.74 Å². The van der Waals surface area contributed by atoms with Gasteiger partial charge in [-0.2, -0.15) is 0 Å². The Hall–Kier alpha value is -2.44. The molecule has 0 atom stereocenters. The maximum Gasteiger partial charge on any atom is 0.573 e. The molecule has 2 aliphatic carbocycles. The van der Waals surface area contributed by atoms with E-state index in [1.54, 1.807) is 0 Å². The van der Waals surface area contributed by atoms with E-state index in [9.17, 15) is 22.0 Å². The van der Waals surface area contributed by atoms with Crippen molar-refractivity contribution in [2.45, 2.75) is 71.1 Å². The number of fused-ring (bicyclic) bond motifs is 1. The van der Waals surface area contributed by atoms with Gasteiger partial charge in [0.15, 0.2) is 11.6 Å². The lowest BCUT2D eigenvalue weighted by Crippen LogP contribution is -2.18. The minimum atomic E-state index is -5.07. The van der Waals surface area contributed by atoms with Gasteiger partial charge in [0.2, 0.25) is 0 Å². The second-order valence-corrected chi connectivity index (χ2v) is 9.46. The molecule has 0 unspecified atom stereocenters. The van der Waals surface area contributed by atoms with Crippen molar-refractivity contribution in [3.8, 4) is 16.9 Å². The van der Waals surface area contributed by atoms with Crippen LogP contribution in [0.1, 0.15) is 63.0 Å². The number of hydrogen-bond donors (Lipinski definition) is 0. The molecule has 184 valence electrons. The number of allylic oxidation sites excluding steroid dienone is 2. The first-order valence-corrected chi connectivity index (χ1v) is 11.9. The van der Waals surface area contributed by atoms with Gasteiger partial charge in [0.1, 0.15) is 11.6 Å². The summed E-state index contributed by atoms with van der Waals surface area (Å²) in [7, 11) is 0. The second kappa shape index (κ2) is 10.0. The van der Waals surface area contributed by atoms with Crippen molar-refractivity contribution in [3.63, 3.8) is 0 Å². The summed E-state index contributed by atoms with van der Waals surface area (Å²) in [5.41, 5.74) is 1.47. The van der Waals surface area contributed by atoms with Crippen molar-refractivity contribution in [2.75, 3.05) is 0 Å². The Morgan fingerprint density at radius 2 is 1.65 bits per heavy atom. The molecule has 0 bridgehead atoms. The predicted octanol–water partition coefficient (Wildman–Crippen LogP) is 8.69. The first-order chi connectivity index (χ1) is 16.1. The van der Waals surface area contributed by atoms with E-state index in [1.165, 1.54) is 43.7 Å². The molecule has 34 heavy (non-hydrogen) atoms. The molecule has 2 aromatic carbocycles. The van der Waals surface area contributed by atoms with Gasteiger partial charge in [0, 0.05) is 0 Å². The molecule has 0 N–H and O–H groups in total. The van der Waals surface area contributed by atoms with Gasteiger partial charge in [-0.25, -0.2) is 13.2 Å². The van der Waals surface area contributed by atoms with Crippen molar-refractivity contribution < 1.29 is 31.1 Å². The van der Waals surface area contributed by atoms with Crippen molar-refractivity contribution >= 4 is 0 Å². The number of benzene rings is 2. The Morgan fingerprint density at radius 1 is 0.941 bits per heavy atom. The van der Waals surface area contributed by atoms with E-state index >= 15 is 4.39 Å². The number of ether oxygens (including phenoxy) is 1. The van der Waals surface area contributed by atoms with Crippen LogP contribution in [-0.2, 0) is 12.8 Å². The van der Waals surface area contributed by atoms with Crippen LogP contribution in [0, 0.1) is 29.3 Å². The van der Waals surface area contributed by atoms with Gasteiger partial charge in [0.05, 0.1) is 5.56 Å². The van der Waals surface area contributed by atoms with E-state index in [4.69, 9.17) is 0 Å². The third-order valence-electron chi connectivity index (χ3n) is 7.29. The van der Waals surface area contributed by atoms with E-state index in [-0.39, 0.29) is 5.56 Å². The lowest BCUT2D eigenvalue weighted by molar-refractivity contribution is -0.275. The van der Waals surface area contributed by atoms with Crippen LogP contribution in [-0.4, -0.2) is 6.36 Å². The molecular formula is C27H28F6O. The summed E-state index contributed by atoms with van der Waals surface area (Å²) in [4.78, 5) is 0. The van der Waals surface area contributed by atoms with E-state index in [1.807, 2.05) is 6.08 Å². The van der Waals surface area contributed by atoms with E-state index < -0.39 is 35.1 Å². The highest BCUT2D eigenvalue weighted by atomic mass is 19.4. The summed E-state index contributed by atoms with van der Waals surface area (Å²) in [6, 6.07) is 3.68. The van der Waals surface area contributed by atoms with Crippen LogP contribution in [0.4, 0.5) is 26.3 Å². The molecule has 0 aliphatic heterocycles. The summed E-state index contributed by atoms with van der Waals surface area (Å²) >= 11 is 0. The van der Waals surface area contributed by atoms with Gasteiger partial charge in [-0.1, -0.05) is 56.7 Å². The molecule has 1 nitrogen and oxygen atoms in total. The molecule has 0 amide bonds. The largest absolute Gasteiger partial charge is 0.573 e. The van der Waals surface area contributed by atoms with Gasteiger partial charge in [0.25, 0.3) is 0 Å². The first-order valence-electron chi connectivity index (χ1n) is 11.9. The maximum absolute atomic E-state index is 15.3. The van der Waals surface area contributed by atoms with Crippen LogP contribution in [0.3, 0.4) is 0 Å². The average molecular weight is 483 g/mol. The monoisotopic (exact) mass is 482 g/mol. The van der Waals surface area contributed by atoms with E-state index in [0.717, 1.165) is 30.9 Å². The Labute approximate surface area is 195 Å². The lowest BCUT2D eigenvalue weighted by Gasteiger charge is -2.28. The van der Waals surface area contributed by atoms with Gasteiger partial charge < -0.3 is 4.74 Å².